The number of imidazole rings is 1. The number of fused-ring (bicyclic) bond motifs is 1. The average Bonchev–Trinajstić information content (AvgIpc) is 3.18. The van der Waals surface area contributed by atoms with Crippen LogP contribution in [-0.4, -0.2) is 32.2 Å². The summed E-state index contributed by atoms with van der Waals surface area (Å²) in [6, 6.07) is 8.86. The Morgan fingerprint density at radius 3 is 2.71 bits per heavy atom. The molecule has 1 N–H and O–H groups in total. The van der Waals surface area contributed by atoms with Gasteiger partial charge in [-0.25, -0.2) is 4.98 Å². The van der Waals surface area contributed by atoms with Crippen LogP contribution in [0.5, 0.6) is 0 Å². The molecule has 0 saturated heterocycles. The lowest BCUT2D eigenvalue weighted by Gasteiger charge is -2.34. The van der Waals surface area contributed by atoms with E-state index in [-0.39, 0.29) is 39.7 Å². The molecule has 7 nitrogen and oxygen atoms in total. The molecule has 0 bridgehead atoms. The van der Waals surface area contributed by atoms with Gasteiger partial charge in [0.2, 0.25) is 5.91 Å². The topological polar surface area (TPSA) is 90.1 Å². The standard InChI is InChI=1S/C24H25F3N4O3S/c1-14-5-3-8-19(15(14)2)28-22(32)13-35-23-29-20-12-18(31(33)34)9-10-21(20)30(23)17-7-4-6-16(11-17)24(25,26)27/h4,6-7,9-12,14-15,19H,3,5,8,13H2,1-2H3,(H,28,32)/t14-,15+,19-/m1/s1. The number of benzene rings is 2. The first kappa shape index (κ1) is 25.0. The molecule has 4 rings (SSSR count). The Morgan fingerprint density at radius 1 is 1.23 bits per heavy atom. The molecule has 35 heavy (non-hydrogen) atoms. The molecule has 1 aliphatic rings. The summed E-state index contributed by atoms with van der Waals surface area (Å²) in [7, 11) is 0. The van der Waals surface area contributed by atoms with Crippen molar-refractivity contribution in [3.63, 3.8) is 0 Å². The number of nitrogens with one attached hydrogen (secondary N) is 1. The third-order valence-corrected chi connectivity index (χ3v) is 7.57. The third-order valence-electron chi connectivity index (χ3n) is 6.64. The molecule has 11 heteroatoms. The number of carbonyl (C=O) groups excluding carboxylic acids is 1. The number of carbonyl (C=O) groups is 1. The highest BCUT2D eigenvalue weighted by atomic mass is 32.2. The van der Waals surface area contributed by atoms with Crippen LogP contribution >= 0.6 is 11.8 Å². The van der Waals surface area contributed by atoms with Crippen LogP contribution in [0.3, 0.4) is 0 Å². The molecule has 1 aliphatic carbocycles. The summed E-state index contributed by atoms with van der Waals surface area (Å²) in [5, 5.41) is 14.6. The number of aromatic nitrogens is 2. The zero-order chi connectivity index (χ0) is 25.3. The van der Waals surface area contributed by atoms with Gasteiger partial charge in [0.25, 0.3) is 5.69 Å². The molecule has 1 heterocycles. The summed E-state index contributed by atoms with van der Waals surface area (Å²) in [6.07, 6.45) is -1.44. The van der Waals surface area contributed by atoms with Gasteiger partial charge in [-0.15, -0.1) is 0 Å². The van der Waals surface area contributed by atoms with Crippen LogP contribution in [0.1, 0.15) is 38.7 Å². The summed E-state index contributed by atoms with van der Waals surface area (Å²) < 4.78 is 41.5. The van der Waals surface area contributed by atoms with E-state index >= 15 is 0 Å². The second-order valence-corrected chi connectivity index (χ2v) is 9.88. The van der Waals surface area contributed by atoms with E-state index in [9.17, 15) is 28.1 Å². The Bertz CT molecular complexity index is 1260. The number of rotatable bonds is 6. The van der Waals surface area contributed by atoms with Crippen molar-refractivity contribution in [2.45, 2.75) is 50.5 Å². The monoisotopic (exact) mass is 506 g/mol. The minimum atomic E-state index is -4.54. The van der Waals surface area contributed by atoms with Crippen LogP contribution in [-0.2, 0) is 11.0 Å². The van der Waals surface area contributed by atoms with E-state index < -0.39 is 16.7 Å². The molecule has 1 fully saturated rings. The minimum absolute atomic E-state index is 0.0159. The van der Waals surface area contributed by atoms with Crippen LogP contribution in [0.15, 0.2) is 47.6 Å². The maximum absolute atomic E-state index is 13.3. The Hall–Kier alpha value is -3.08. The van der Waals surface area contributed by atoms with Crippen molar-refractivity contribution < 1.29 is 22.9 Å². The van der Waals surface area contributed by atoms with Crippen molar-refractivity contribution in [1.29, 1.82) is 0 Å². The van der Waals surface area contributed by atoms with Crippen LogP contribution in [0, 0.1) is 22.0 Å². The second kappa shape index (κ2) is 9.88. The van der Waals surface area contributed by atoms with Gasteiger partial charge in [-0.3, -0.25) is 19.5 Å². The molecule has 3 aromatic rings. The smallest absolute Gasteiger partial charge is 0.352 e. The van der Waals surface area contributed by atoms with E-state index in [0.717, 1.165) is 43.2 Å². The Kier molecular flexibility index (Phi) is 7.07. The number of hydrogen-bond acceptors (Lipinski definition) is 5. The van der Waals surface area contributed by atoms with Crippen molar-refractivity contribution in [2.75, 3.05) is 5.75 Å². The normalized spacial score (nSPS) is 20.7. The largest absolute Gasteiger partial charge is 0.416 e. The fourth-order valence-corrected chi connectivity index (χ4v) is 5.33. The highest BCUT2D eigenvalue weighted by molar-refractivity contribution is 7.99. The molecule has 0 radical (unpaired) electrons. The van der Waals surface area contributed by atoms with E-state index in [1.807, 2.05) is 0 Å². The Morgan fingerprint density at radius 2 is 2.00 bits per heavy atom. The van der Waals surface area contributed by atoms with Crippen molar-refractivity contribution >= 4 is 34.4 Å². The van der Waals surface area contributed by atoms with Gasteiger partial charge in [-0.1, -0.05) is 44.5 Å². The van der Waals surface area contributed by atoms with Crippen LogP contribution in [0.2, 0.25) is 0 Å². The minimum Gasteiger partial charge on any atom is -0.352 e. The predicted molar refractivity (Wildman–Crippen MR) is 128 cm³/mol. The summed E-state index contributed by atoms with van der Waals surface area (Å²) in [4.78, 5) is 27.8. The molecule has 186 valence electrons. The van der Waals surface area contributed by atoms with Gasteiger partial charge in [0.1, 0.15) is 0 Å². The second-order valence-electron chi connectivity index (χ2n) is 8.94. The summed E-state index contributed by atoms with van der Waals surface area (Å²) in [5.41, 5.74) is -0.135. The molecule has 1 aromatic heterocycles. The van der Waals surface area contributed by atoms with Gasteiger partial charge in [0.05, 0.1) is 27.3 Å². The van der Waals surface area contributed by atoms with Gasteiger partial charge in [-0.05, 0) is 42.5 Å². The van der Waals surface area contributed by atoms with Gasteiger partial charge < -0.3 is 5.32 Å². The molecule has 3 atom stereocenters. The number of hydrogen-bond donors (Lipinski definition) is 1. The number of nitro groups is 1. The zero-order valence-electron chi connectivity index (χ0n) is 19.2. The SMILES string of the molecule is C[C@H]1[C@H](C)CCC[C@H]1NC(=O)CSc1nc2cc([N+](=O)[O-])ccc2n1-c1cccc(C(F)(F)F)c1. The molecule has 1 saturated carbocycles. The van der Waals surface area contributed by atoms with E-state index in [4.69, 9.17) is 0 Å². The van der Waals surface area contributed by atoms with E-state index in [1.54, 1.807) is 0 Å². The molecule has 0 spiro atoms. The van der Waals surface area contributed by atoms with E-state index in [0.29, 0.717) is 17.4 Å². The van der Waals surface area contributed by atoms with Crippen LogP contribution in [0.25, 0.3) is 16.7 Å². The third kappa shape index (κ3) is 5.44. The molecule has 0 unspecified atom stereocenters. The number of halogens is 3. The Balaban J connectivity index is 1.65. The number of non-ortho nitro benzene ring substituents is 1. The van der Waals surface area contributed by atoms with Crippen LogP contribution in [0.4, 0.5) is 18.9 Å². The highest BCUT2D eigenvalue weighted by Crippen LogP contribution is 2.34. The summed E-state index contributed by atoms with van der Waals surface area (Å²) >= 11 is 1.08. The first-order valence-corrected chi connectivity index (χ1v) is 12.3. The quantitative estimate of drug-likeness (QED) is 0.252. The average molecular weight is 507 g/mol. The number of nitro benzene ring substituents is 1. The maximum Gasteiger partial charge on any atom is 0.416 e. The lowest BCUT2D eigenvalue weighted by molar-refractivity contribution is -0.384. The van der Waals surface area contributed by atoms with Gasteiger partial charge >= 0.3 is 6.18 Å². The fourth-order valence-electron chi connectivity index (χ4n) is 4.49. The number of thioether (sulfide) groups is 1. The first-order valence-electron chi connectivity index (χ1n) is 11.3. The van der Waals surface area contributed by atoms with Crippen LogP contribution < -0.4 is 5.32 Å². The van der Waals surface area contributed by atoms with Crippen molar-refractivity contribution in [2.24, 2.45) is 11.8 Å². The first-order chi connectivity index (χ1) is 16.5. The molecule has 0 aliphatic heterocycles. The highest BCUT2D eigenvalue weighted by Gasteiger charge is 2.31. The lowest BCUT2D eigenvalue weighted by Crippen LogP contribution is -2.44. The fraction of sp³-hybridized carbons (Fsp3) is 0.417. The Labute approximate surface area is 204 Å². The summed E-state index contributed by atoms with van der Waals surface area (Å²) in [6.45, 7) is 4.30. The molecule has 2 aromatic carbocycles. The number of nitrogens with zero attached hydrogens (tertiary/aromatic N) is 3. The molecule has 1 amide bonds. The van der Waals surface area contributed by atoms with Crippen molar-refractivity contribution in [3.05, 3.63) is 58.1 Å². The number of alkyl halides is 3. The molecular formula is C24H25F3N4O3S. The van der Waals surface area contributed by atoms with Crippen molar-refractivity contribution in [3.8, 4) is 5.69 Å². The maximum atomic E-state index is 13.3. The van der Waals surface area contributed by atoms with Crippen molar-refractivity contribution in [1.82, 2.24) is 14.9 Å². The zero-order valence-corrected chi connectivity index (χ0v) is 20.0. The number of amides is 1. The lowest BCUT2D eigenvalue weighted by atomic mass is 9.78. The summed E-state index contributed by atoms with van der Waals surface area (Å²) in [5.74, 6) is 0.701. The van der Waals surface area contributed by atoms with Gasteiger partial charge in [-0.2, -0.15) is 13.2 Å². The molecular weight excluding hydrogens is 481 g/mol. The predicted octanol–water partition coefficient (Wildman–Crippen LogP) is 5.99. The van der Waals surface area contributed by atoms with E-state index in [1.165, 1.54) is 34.9 Å². The van der Waals surface area contributed by atoms with Gasteiger partial charge in [0, 0.05) is 23.9 Å². The van der Waals surface area contributed by atoms with Gasteiger partial charge in [0.15, 0.2) is 5.16 Å². The van der Waals surface area contributed by atoms with E-state index in [2.05, 4.69) is 24.1 Å².